The van der Waals surface area contributed by atoms with E-state index >= 15 is 0 Å². The fourth-order valence-electron chi connectivity index (χ4n) is 3.71. The normalized spacial score (nSPS) is 23.4. The van der Waals surface area contributed by atoms with Crippen molar-refractivity contribution in [3.63, 3.8) is 0 Å². The maximum Gasteiger partial charge on any atom is 0.274 e. The molecule has 2 heterocycles. The lowest BCUT2D eigenvalue weighted by Gasteiger charge is -2.35. The molecule has 2 atom stereocenters. The molecule has 0 N–H and O–H groups in total. The topological polar surface area (TPSA) is 47.2 Å². The Labute approximate surface area is 129 Å². The van der Waals surface area contributed by atoms with Crippen LogP contribution in [-0.2, 0) is 0 Å². The minimum atomic E-state index is -0.0846. The zero-order valence-corrected chi connectivity index (χ0v) is 12.7. The molecule has 1 aliphatic heterocycles. The molecular weight excluding hydrogens is 274 g/mol. The third-order valence-electron chi connectivity index (χ3n) is 4.85. The summed E-state index contributed by atoms with van der Waals surface area (Å²) in [5.41, 5.74) is 3.33. The Hall–Kier alpha value is -2.23. The maximum atomic E-state index is 12.2. The number of rotatable bonds is 1. The molecule has 0 spiro atoms. The highest BCUT2D eigenvalue weighted by Crippen LogP contribution is 2.41. The fraction of sp³-hybridized carbons (Fsp3) is 0.389. The van der Waals surface area contributed by atoms with Gasteiger partial charge in [0.15, 0.2) is 0 Å². The van der Waals surface area contributed by atoms with Gasteiger partial charge in [-0.15, -0.1) is 0 Å². The largest absolute Gasteiger partial charge is 0.274 e. The number of fused-ring (bicyclic) bond motifs is 3. The van der Waals surface area contributed by atoms with Gasteiger partial charge >= 0.3 is 0 Å². The van der Waals surface area contributed by atoms with Crippen LogP contribution in [-0.4, -0.2) is 15.4 Å². The van der Waals surface area contributed by atoms with E-state index < -0.39 is 0 Å². The lowest BCUT2D eigenvalue weighted by molar-refractivity contribution is 0.344. The van der Waals surface area contributed by atoms with Crippen molar-refractivity contribution < 1.29 is 0 Å². The Morgan fingerprint density at radius 2 is 1.77 bits per heavy atom. The van der Waals surface area contributed by atoms with Gasteiger partial charge in [0, 0.05) is 24.1 Å². The van der Waals surface area contributed by atoms with E-state index in [1.165, 1.54) is 29.1 Å². The third-order valence-corrected chi connectivity index (χ3v) is 4.85. The van der Waals surface area contributed by atoms with Gasteiger partial charge in [0.2, 0.25) is 0 Å². The van der Waals surface area contributed by atoms with Crippen molar-refractivity contribution in [1.29, 1.82) is 0 Å². The number of aryl methyl sites for hydroxylation is 1. The predicted octanol–water partition coefficient (Wildman–Crippen LogP) is 3.09. The summed E-state index contributed by atoms with van der Waals surface area (Å²) in [5.74, 6) is 1.54. The van der Waals surface area contributed by atoms with Crippen molar-refractivity contribution in [3.8, 4) is 0 Å². The molecule has 0 saturated heterocycles. The van der Waals surface area contributed by atoms with Gasteiger partial charge in [-0.3, -0.25) is 4.79 Å². The molecule has 1 aromatic heterocycles. The van der Waals surface area contributed by atoms with Crippen LogP contribution < -0.4 is 5.56 Å². The second-order valence-corrected chi connectivity index (χ2v) is 6.30. The second kappa shape index (κ2) is 5.20. The first-order valence-corrected chi connectivity index (χ1v) is 7.98. The standard InChI is InChI=1S/C18H19N3O/c1-12-6-8-13(9-7-12)17-14-4-2-3-5-15(14)18-19-11-10-16(22)21(18)20-17/h6-11,14-15H,2-5H2,1H3/t14-,15+/m0/s1. The molecule has 4 rings (SSSR count). The number of hydrogen-bond acceptors (Lipinski definition) is 3. The summed E-state index contributed by atoms with van der Waals surface area (Å²) in [6.07, 6.45) is 6.26. The molecule has 1 fully saturated rings. The SMILES string of the molecule is Cc1ccc(C2=Nn3c(nccc3=O)[C@@H]3CCCC[C@H]23)cc1. The molecule has 1 aromatic carbocycles. The molecule has 1 aliphatic carbocycles. The Morgan fingerprint density at radius 1 is 1.05 bits per heavy atom. The van der Waals surface area contributed by atoms with Gasteiger partial charge in [0.25, 0.3) is 5.56 Å². The molecule has 0 bridgehead atoms. The molecule has 2 aliphatic rings. The van der Waals surface area contributed by atoms with E-state index in [0.717, 1.165) is 29.9 Å². The first-order valence-electron chi connectivity index (χ1n) is 7.98. The van der Waals surface area contributed by atoms with Crippen molar-refractivity contribution in [2.45, 2.75) is 38.5 Å². The van der Waals surface area contributed by atoms with Crippen LogP contribution in [0, 0.1) is 12.8 Å². The van der Waals surface area contributed by atoms with Crippen LogP contribution in [0.5, 0.6) is 0 Å². The Morgan fingerprint density at radius 3 is 2.55 bits per heavy atom. The molecule has 0 unspecified atom stereocenters. The average molecular weight is 293 g/mol. The summed E-state index contributed by atoms with van der Waals surface area (Å²) in [5, 5.41) is 4.69. The smallest absolute Gasteiger partial charge is 0.267 e. The number of nitrogens with zero attached hydrogens (tertiary/aromatic N) is 3. The molecule has 2 aromatic rings. The molecule has 22 heavy (non-hydrogen) atoms. The van der Waals surface area contributed by atoms with E-state index in [0.29, 0.717) is 11.8 Å². The summed E-state index contributed by atoms with van der Waals surface area (Å²) in [4.78, 5) is 16.6. The summed E-state index contributed by atoms with van der Waals surface area (Å²) in [7, 11) is 0. The quantitative estimate of drug-likeness (QED) is 0.811. The molecular formula is C18H19N3O. The summed E-state index contributed by atoms with van der Waals surface area (Å²) in [6.45, 7) is 2.08. The number of hydrogen-bond donors (Lipinski definition) is 0. The predicted molar refractivity (Wildman–Crippen MR) is 86.3 cm³/mol. The van der Waals surface area contributed by atoms with E-state index in [-0.39, 0.29) is 5.56 Å². The minimum Gasteiger partial charge on any atom is -0.267 e. The van der Waals surface area contributed by atoms with Gasteiger partial charge in [0.1, 0.15) is 5.82 Å². The van der Waals surface area contributed by atoms with Crippen LogP contribution in [0.2, 0.25) is 0 Å². The molecule has 112 valence electrons. The van der Waals surface area contributed by atoms with Gasteiger partial charge in [-0.2, -0.15) is 9.78 Å². The zero-order chi connectivity index (χ0) is 15.1. The lowest BCUT2D eigenvalue weighted by Crippen LogP contribution is -2.37. The van der Waals surface area contributed by atoms with Gasteiger partial charge in [-0.05, 0) is 25.3 Å². The summed E-state index contributed by atoms with van der Waals surface area (Å²) >= 11 is 0. The second-order valence-electron chi connectivity index (χ2n) is 6.30. The average Bonchev–Trinajstić information content (AvgIpc) is 2.55. The highest BCUT2D eigenvalue weighted by molar-refractivity contribution is 6.03. The highest BCUT2D eigenvalue weighted by Gasteiger charge is 2.37. The maximum absolute atomic E-state index is 12.2. The van der Waals surface area contributed by atoms with Crippen molar-refractivity contribution in [1.82, 2.24) is 9.66 Å². The van der Waals surface area contributed by atoms with Crippen LogP contribution >= 0.6 is 0 Å². The molecule has 4 heteroatoms. The Kier molecular flexibility index (Phi) is 3.17. The summed E-state index contributed by atoms with van der Waals surface area (Å²) < 4.78 is 1.52. The van der Waals surface area contributed by atoms with Gasteiger partial charge in [-0.25, -0.2) is 4.98 Å². The molecule has 0 amide bonds. The van der Waals surface area contributed by atoms with E-state index in [2.05, 4.69) is 41.3 Å². The molecule has 4 nitrogen and oxygen atoms in total. The third kappa shape index (κ3) is 2.10. The Balaban J connectivity index is 1.90. The zero-order valence-electron chi connectivity index (χ0n) is 12.7. The van der Waals surface area contributed by atoms with Crippen LogP contribution in [0.1, 0.15) is 48.6 Å². The fourth-order valence-corrected chi connectivity index (χ4v) is 3.71. The highest BCUT2D eigenvalue weighted by atomic mass is 16.1. The van der Waals surface area contributed by atoms with Crippen molar-refractivity contribution in [2.24, 2.45) is 11.0 Å². The number of benzene rings is 1. The first-order chi connectivity index (χ1) is 10.7. The minimum absolute atomic E-state index is 0.0846. The van der Waals surface area contributed by atoms with E-state index in [4.69, 9.17) is 0 Å². The van der Waals surface area contributed by atoms with Gasteiger partial charge < -0.3 is 0 Å². The van der Waals surface area contributed by atoms with Crippen LogP contribution in [0.3, 0.4) is 0 Å². The van der Waals surface area contributed by atoms with E-state index in [1.54, 1.807) is 6.20 Å². The van der Waals surface area contributed by atoms with Crippen molar-refractivity contribution in [2.75, 3.05) is 0 Å². The summed E-state index contributed by atoms with van der Waals surface area (Å²) in [6, 6.07) is 9.94. The van der Waals surface area contributed by atoms with Gasteiger partial charge in [0.05, 0.1) is 5.71 Å². The van der Waals surface area contributed by atoms with E-state index in [9.17, 15) is 4.79 Å². The van der Waals surface area contributed by atoms with E-state index in [1.807, 2.05) is 0 Å². The molecule has 0 radical (unpaired) electrons. The van der Waals surface area contributed by atoms with Crippen LogP contribution in [0.25, 0.3) is 0 Å². The van der Waals surface area contributed by atoms with Gasteiger partial charge in [-0.1, -0.05) is 42.7 Å². The lowest BCUT2D eigenvalue weighted by atomic mass is 9.74. The van der Waals surface area contributed by atoms with Crippen LogP contribution in [0.4, 0.5) is 0 Å². The Bertz CT molecular complexity index is 789. The monoisotopic (exact) mass is 293 g/mol. The first kappa shape index (κ1) is 13.4. The van der Waals surface area contributed by atoms with Crippen LogP contribution in [0.15, 0.2) is 46.4 Å². The van der Waals surface area contributed by atoms with Crippen molar-refractivity contribution in [3.05, 3.63) is 63.8 Å². The number of aromatic nitrogens is 2. The van der Waals surface area contributed by atoms with Crippen molar-refractivity contribution >= 4 is 5.71 Å². The molecule has 1 saturated carbocycles.